The molecule has 0 spiro atoms. The molecule has 0 amide bonds. The second-order valence-corrected chi connectivity index (χ2v) is 5.61. The molecule has 2 aliphatic rings. The van der Waals surface area contributed by atoms with E-state index in [2.05, 4.69) is 27.2 Å². The minimum Gasteiger partial charge on any atom is -0.357 e. The molecule has 2 fully saturated rings. The first-order chi connectivity index (χ1) is 9.36. The van der Waals surface area contributed by atoms with E-state index in [1.807, 2.05) is 7.05 Å². The van der Waals surface area contributed by atoms with Crippen LogP contribution in [-0.4, -0.2) is 38.2 Å². The monoisotopic (exact) mass is 260 g/mol. The van der Waals surface area contributed by atoms with Crippen LogP contribution in [0.2, 0.25) is 0 Å². The number of pyridine rings is 1. The summed E-state index contributed by atoms with van der Waals surface area (Å²) in [5.74, 6) is 2.35. The zero-order valence-corrected chi connectivity index (χ0v) is 11.9. The summed E-state index contributed by atoms with van der Waals surface area (Å²) in [6.07, 6.45) is 5.21. The lowest BCUT2D eigenvalue weighted by atomic mass is 10.2. The maximum absolute atomic E-state index is 4.90. The number of aromatic nitrogens is 1. The van der Waals surface area contributed by atoms with Crippen molar-refractivity contribution in [3.05, 3.63) is 17.7 Å². The van der Waals surface area contributed by atoms with Crippen LogP contribution in [0.5, 0.6) is 0 Å². The minimum absolute atomic E-state index is 0.921. The normalized spacial score (nSPS) is 19.4. The van der Waals surface area contributed by atoms with E-state index in [0.717, 1.165) is 32.7 Å². The highest BCUT2D eigenvalue weighted by Gasteiger charge is 2.18. The predicted molar refractivity (Wildman–Crippen MR) is 79.9 cm³/mol. The van der Waals surface area contributed by atoms with Crippen molar-refractivity contribution in [2.24, 2.45) is 0 Å². The van der Waals surface area contributed by atoms with Crippen LogP contribution in [0.4, 0.5) is 11.6 Å². The molecular formula is C15H24N4. The van der Waals surface area contributed by atoms with E-state index in [-0.39, 0.29) is 0 Å². The van der Waals surface area contributed by atoms with E-state index in [0.29, 0.717) is 0 Å². The fraction of sp³-hybridized carbons (Fsp3) is 0.667. The molecule has 19 heavy (non-hydrogen) atoms. The van der Waals surface area contributed by atoms with Crippen molar-refractivity contribution in [1.29, 1.82) is 0 Å². The molecule has 3 rings (SSSR count). The van der Waals surface area contributed by atoms with Crippen molar-refractivity contribution >= 4 is 11.6 Å². The van der Waals surface area contributed by atoms with Crippen LogP contribution in [0.3, 0.4) is 0 Å². The first-order valence-corrected chi connectivity index (χ1v) is 7.52. The summed E-state index contributed by atoms with van der Waals surface area (Å²) in [6.45, 7) is 5.57. The molecule has 1 aromatic heterocycles. The Bertz CT molecular complexity index is 386. The Morgan fingerprint density at radius 1 is 0.947 bits per heavy atom. The molecule has 4 nitrogen and oxygen atoms in total. The average Bonchev–Trinajstić information content (AvgIpc) is 3.12. The summed E-state index contributed by atoms with van der Waals surface area (Å²) in [6, 6.07) is 4.50. The first kappa shape index (κ1) is 12.7. The fourth-order valence-electron chi connectivity index (χ4n) is 3.08. The molecule has 0 saturated carbocycles. The van der Waals surface area contributed by atoms with Crippen LogP contribution in [0.1, 0.15) is 31.2 Å². The zero-order chi connectivity index (χ0) is 13.1. The van der Waals surface area contributed by atoms with Crippen LogP contribution < -0.4 is 15.1 Å². The number of rotatable bonds is 4. The highest BCUT2D eigenvalue weighted by molar-refractivity contribution is 5.52. The van der Waals surface area contributed by atoms with Gasteiger partial charge < -0.3 is 15.1 Å². The molecule has 0 radical (unpaired) electrons. The van der Waals surface area contributed by atoms with Crippen molar-refractivity contribution in [2.75, 3.05) is 43.0 Å². The molecule has 0 atom stereocenters. The summed E-state index contributed by atoms with van der Waals surface area (Å²) in [4.78, 5) is 9.76. The van der Waals surface area contributed by atoms with Crippen LogP contribution in [-0.2, 0) is 6.54 Å². The van der Waals surface area contributed by atoms with E-state index in [4.69, 9.17) is 4.98 Å². The van der Waals surface area contributed by atoms with Crippen LogP contribution in [0.15, 0.2) is 12.1 Å². The summed E-state index contributed by atoms with van der Waals surface area (Å²) in [7, 11) is 2.01. The zero-order valence-electron chi connectivity index (χ0n) is 11.9. The molecule has 2 aliphatic heterocycles. The third-order valence-corrected chi connectivity index (χ3v) is 4.10. The van der Waals surface area contributed by atoms with Crippen molar-refractivity contribution in [1.82, 2.24) is 10.3 Å². The van der Waals surface area contributed by atoms with E-state index < -0.39 is 0 Å². The van der Waals surface area contributed by atoms with E-state index in [1.54, 1.807) is 0 Å². The minimum atomic E-state index is 0.921. The molecule has 3 heterocycles. The van der Waals surface area contributed by atoms with Gasteiger partial charge in [0.2, 0.25) is 0 Å². The molecule has 2 saturated heterocycles. The maximum Gasteiger partial charge on any atom is 0.131 e. The van der Waals surface area contributed by atoms with Gasteiger partial charge in [0.15, 0.2) is 0 Å². The van der Waals surface area contributed by atoms with Gasteiger partial charge in [0.1, 0.15) is 11.6 Å². The number of anilines is 2. The van der Waals surface area contributed by atoms with Crippen molar-refractivity contribution < 1.29 is 0 Å². The second kappa shape index (κ2) is 5.78. The van der Waals surface area contributed by atoms with Crippen molar-refractivity contribution in [3.8, 4) is 0 Å². The summed E-state index contributed by atoms with van der Waals surface area (Å²) < 4.78 is 0. The SMILES string of the molecule is CNCc1cc(N2CCCC2)nc(N2CCCC2)c1. The molecule has 1 aromatic rings. The molecule has 0 bridgehead atoms. The van der Waals surface area contributed by atoms with Crippen molar-refractivity contribution in [2.45, 2.75) is 32.2 Å². The summed E-state index contributed by atoms with van der Waals surface area (Å²) >= 11 is 0. The number of nitrogens with one attached hydrogen (secondary N) is 1. The third kappa shape index (κ3) is 2.84. The van der Waals surface area contributed by atoms with Gasteiger partial charge in [0.25, 0.3) is 0 Å². The van der Waals surface area contributed by atoms with Gasteiger partial charge in [0.05, 0.1) is 0 Å². The lowest BCUT2D eigenvalue weighted by Gasteiger charge is -2.22. The van der Waals surface area contributed by atoms with Crippen molar-refractivity contribution in [3.63, 3.8) is 0 Å². The van der Waals surface area contributed by atoms with E-state index >= 15 is 0 Å². The Balaban J connectivity index is 1.88. The van der Waals surface area contributed by atoms with Gasteiger partial charge in [-0.1, -0.05) is 0 Å². The quantitative estimate of drug-likeness (QED) is 0.897. The van der Waals surface area contributed by atoms with Crippen LogP contribution in [0.25, 0.3) is 0 Å². The lowest BCUT2D eigenvalue weighted by Crippen LogP contribution is -2.23. The molecule has 0 aromatic carbocycles. The average molecular weight is 260 g/mol. The van der Waals surface area contributed by atoms with Crippen LogP contribution >= 0.6 is 0 Å². The predicted octanol–water partition coefficient (Wildman–Crippen LogP) is 2.00. The Hall–Kier alpha value is -1.29. The van der Waals surface area contributed by atoms with Gasteiger partial charge >= 0.3 is 0 Å². The first-order valence-electron chi connectivity index (χ1n) is 7.52. The third-order valence-electron chi connectivity index (χ3n) is 4.10. The van der Waals surface area contributed by atoms with Gasteiger partial charge in [-0.3, -0.25) is 0 Å². The highest BCUT2D eigenvalue weighted by atomic mass is 15.3. The molecule has 1 N–H and O–H groups in total. The highest BCUT2D eigenvalue weighted by Crippen LogP contribution is 2.25. The largest absolute Gasteiger partial charge is 0.357 e. The lowest BCUT2D eigenvalue weighted by molar-refractivity contribution is 0.808. The molecule has 104 valence electrons. The Labute approximate surface area is 115 Å². The van der Waals surface area contributed by atoms with Gasteiger partial charge in [-0.05, 0) is 50.4 Å². The Morgan fingerprint density at radius 2 is 1.42 bits per heavy atom. The summed E-state index contributed by atoms with van der Waals surface area (Å²) in [5.41, 5.74) is 1.35. The van der Waals surface area contributed by atoms with Gasteiger partial charge in [0, 0.05) is 32.7 Å². The van der Waals surface area contributed by atoms with Crippen LogP contribution in [0, 0.1) is 0 Å². The topological polar surface area (TPSA) is 31.4 Å². The molecule has 0 aliphatic carbocycles. The van der Waals surface area contributed by atoms with E-state index in [1.165, 1.54) is 42.9 Å². The molecule has 4 heteroatoms. The van der Waals surface area contributed by atoms with Gasteiger partial charge in [-0.2, -0.15) is 0 Å². The Kier molecular flexibility index (Phi) is 3.87. The molecule has 0 unspecified atom stereocenters. The standard InChI is InChI=1S/C15H24N4/c1-16-12-13-10-14(18-6-2-3-7-18)17-15(11-13)19-8-4-5-9-19/h10-11,16H,2-9,12H2,1H3. The number of hydrogen-bond donors (Lipinski definition) is 1. The maximum atomic E-state index is 4.90. The smallest absolute Gasteiger partial charge is 0.131 e. The summed E-state index contributed by atoms with van der Waals surface area (Å²) in [5, 5.41) is 3.25. The molecular weight excluding hydrogens is 236 g/mol. The van der Waals surface area contributed by atoms with E-state index in [9.17, 15) is 0 Å². The van der Waals surface area contributed by atoms with Gasteiger partial charge in [-0.15, -0.1) is 0 Å². The number of nitrogens with zero attached hydrogens (tertiary/aromatic N) is 3. The second-order valence-electron chi connectivity index (χ2n) is 5.61. The van der Waals surface area contributed by atoms with Gasteiger partial charge in [-0.25, -0.2) is 4.98 Å². The fourth-order valence-corrected chi connectivity index (χ4v) is 3.08. The Morgan fingerprint density at radius 3 is 1.84 bits per heavy atom. The number of hydrogen-bond acceptors (Lipinski definition) is 4.